The van der Waals surface area contributed by atoms with Crippen molar-refractivity contribution in [3.63, 3.8) is 0 Å². The van der Waals surface area contributed by atoms with Crippen LogP contribution in [0.4, 0.5) is 19.0 Å². The monoisotopic (exact) mass is 539 g/mol. The fraction of sp³-hybridized carbons (Fsp3) is 0.500. The molecule has 3 rings (SSSR count). The number of aryl methyl sites for hydroxylation is 1. The van der Waals surface area contributed by atoms with Gasteiger partial charge in [0.05, 0.1) is 24.9 Å². The van der Waals surface area contributed by atoms with Crippen LogP contribution in [0.2, 0.25) is 0 Å². The van der Waals surface area contributed by atoms with E-state index in [1.807, 2.05) is 13.2 Å². The van der Waals surface area contributed by atoms with Gasteiger partial charge in [-0.3, -0.25) is 9.67 Å². The lowest BCUT2D eigenvalue weighted by atomic mass is 10.1. The molecule has 1 atom stereocenters. The van der Waals surface area contributed by atoms with E-state index in [0.717, 1.165) is 11.6 Å². The van der Waals surface area contributed by atoms with Gasteiger partial charge in [0.25, 0.3) is 0 Å². The zero-order valence-electron chi connectivity index (χ0n) is 16.7. The van der Waals surface area contributed by atoms with Crippen LogP contribution < -0.4 is 10.6 Å². The van der Waals surface area contributed by atoms with E-state index >= 15 is 0 Å². The van der Waals surface area contributed by atoms with E-state index < -0.39 is 11.7 Å². The number of aromatic nitrogens is 3. The lowest BCUT2D eigenvalue weighted by molar-refractivity contribution is -0.137. The minimum Gasteiger partial charge on any atom is -0.370 e. The topological polar surface area (TPSA) is 79.6 Å². The molecule has 1 aliphatic rings. The average molecular weight is 539 g/mol. The van der Waals surface area contributed by atoms with Crippen molar-refractivity contribution >= 4 is 35.8 Å². The van der Waals surface area contributed by atoms with Gasteiger partial charge in [-0.05, 0) is 12.1 Å². The molecular weight excluding hydrogens is 514 g/mol. The van der Waals surface area contributed by atoms with Crippen molar-refractivity contribution in [2.45, 2.75) is 12.3 Å². The number of guanidine groups is 1. The minimum absolute atomic E-state index is 0. The van der Waals surface area contributed by atoms with Crippen LogP contribution in [0, 0.1) is 0 Å². The predicted molar refractivity (Wildman–Crippen MR) is 118 cm³/mol. The first-order chi connectivity index (χ1) is 13.9. The van der Waals surface area contributed by atoms with Gasteiger partial charge in [-0.1, -0.05) is 0 Å². The predicted octanol–water partition coefficient (Wildman–Crippen LogP) is 2.51. The minimum atomic E-state index is -4.45. The van der Waals surface area contributed by atoms with E-state index in [1.165, 1.54) is 12.3 Å². The van der Waals surface area contributed by atoms with Gasteiger partial charge in [0.1, 0.15) is 11.9 Å². The molecule has 0 spiro atoms. The molecule has 1 aliphatic heterocycles. The molecule has 0 saturated carbocycles. The molecule has 0 aromatic carbocycles. The molecule has 1 unspecified atom stereocenters. The molecule has 1 saturated heterocycles. The normalized spacial score (nSPS) is 17.4. The number of halogens is 4. The van der Waals surface area contributed by atoms with Crippen molar-refractivity contribution in [1.29, 1.82) is 0 Å². The fourth-order valence-electron chi connectivity index (χ4n) is 3.11. The van der Waals surface area contributed by atoms with E-state index in [-0.39, 0.29) is 42.4 Å². The number of rotatable bonds is 5. The summed E-state index contributed by atoms with van der Waals surface area (Å²) in [4.78, 5) is 10.1. The Morgan fingerprint density at radius 2 is 2.17 bits per heavy atom. The van der Waals surface area contributed by atoms with Gasteiger partial charge in [-0.2, -0.15) is 18.3 Å². The Bertz CT molecular complexity index is 843. The quantitative estimate of drug-likeness (QED) is 0.263. The first-order valence-corrected chi connectivity index (χ1v) is 9.20. The van der Waals surface area contributed by atoms with Gasteiger partial charge in [0.15, 0.2) is 5.96 Å². The third-order valence-corrected chi connectivity index (χ3v) is 4.49. The van der Waals surface area contributed by atoms with Gasteiger partial charge in [-0.15, -0.1) is 24.0 Å². The highest BCUT2D eigenvalue weighted by Crippen LogP contribution is 2.33. The maximum atomic E-state index is 13.0. The summed E-state index contributed by atoms with van der Waals surface area (Å²) >= 11 is 0. The number of ether oxygens (including phenoxy) is 1. The summed E-state index contributed by atoms with van der Waals surface area (Å²) in [6.07, 6.45) is 0.460. The van der Waals surface area contributed by atoms with Gasteiger partial charge in [-0.25, -0.2) is 4.98 Å². The molecule has 3 heterocycles. The molecule has 2 aromatic heterocycles. The van der Waals surface area contributed by atoms with Crippen LogP contribution in [0.3, 0.4) is 0 Å². The number of aliphatic imine (C=N–C) groups is 1. The number of pyridine rings is 1. The van der Waals surface area contributed by atoms with Crippen molar-refractivity contribution in [3.05, 3.63) is 41.9 Å². The third-order valence-electron chi connectivity index (χ3n) is 4.49. The van der Waals surface area contributed by atoms with E-state index in [9.17, 15) is 13.2 Å². The van der Waals surface area contributed by atoms with Gasteiger partial charge < -0.3 is 20.3 Å². The van der Waals surface area contributed by atoms with Crippen LogP contribution in [0.25, 0.3) is 0 Å². The number of nitrogens with zero attached hydrogens (tertiary/aromatic N) is 5. The summed E-state index contributed by atoms with van der Waals surface area (Å²) in [7, 11) is 3.52. The van der Waals surface area contributed by atoms with Crippen molar-refractivity contribution in [3.8, 4) is 0 Å². The summed E-state index contributed by atoms with van der Waals surface area (Å²) in [6.45, 7) is 2.46. The SMILES string of the molecule is CN=C(NCCNc1ncccc1C(F)(F)F)N1CCOC(c2cnn(C)c2)C1.I. The zero-order valence-corrected chi connectivity index (χ0v) is 19.0. The highest BCUT2D eigenvalue weighted by molar-refractivity contribution is 14.0. The maximum absolute atomic E-state index is 13.0. The van der Waals surface area contributed by atoms with Crippen LogP contribution in [0.1, 0.15) is 17.2 Å². The molecule has 0 amide bonds. The molecule has 2 N–H and O–H groups in total. The molecule has 0 aliphatic carbocycles. The fourth-order valence-corrected chi connectivity index (χ4v) is 3.11. The first kappa shape index (κ1) is 24.2. The third kappa shape index (κ3) is 6.20. The van der Waals surface area contributed by atoms with Crippen LogP contribution in [-0.4, -0.2) is 65.5 Å². The van der Waals surface area contributed by atoms with E-state index in [4.69, 9.17) is 4.74 Å². The van der Waals surface area contributed by atoms with Crippen molar-refractivity contribution in [2.24, 2.45) is 12.0 Å². The summed E-state index contributed by atoms with van der Waals surface area (Å²) in [5, 5.41) is 10.1. The van der Waals surface area contributed by atoms with E-state index in [2.05, 4.69) is 30.6 Å². The second-order valence-electron chi connectivity index (χ2n) is 6.55. The lowest BCUT2D eigenvalue weighted by Gasteiger charge is -2.34. The number of anilines is 1. The standard InChI is InChI=1S/C18H24F3N7O.HI/c1-22-17(28-8-9-29-15(12-28)13-10-26-27(2)11-13)25-7-6-24-16-14(18(19,20)21)4-3-5-23-16;/h3-5,10-11,15H,6-9,12H2,1-2H3,(H,22,25)(H,23,24);1H. The molecule has 1 fully saturated rings. The van der Waals surface area contributed by atoms with E-state index in [0.29, 0.717) is 32.2 Å². The molecule has 166 valence electrons. The molecule has 30 heavy (non-hydrogen) atoms. The summed E-state index contributed by atoms with van der Waals surface area (Å²) in [5.74, 6) is 0.487. The number of morpholine rings is 1. The maximum Gasteiger partial charge on any atom is 0.419 e. The Morgan fingerprint density at radius 1 is 1.37 bits per heavy atom. The highest BCUT2D eigenvalue weighted by atomic mass is 127. The molecule has 0 radical (unpaired) electrons. The van der Waals surface area contributed by atoms with Crippen molar-refractivity contribution in [2.75, 3.05) is 45.2 Å². The molecule has 12 heteroatoms. The Kier molecular flexibility index (Phi) is 8.70. The number of nitrogens with one attached hydrogen (secondary N) is 2. The largest absolute Gasteiger partial charge is 0.419 e. The summed E-state index contributed by atoms with van der Waals surface area (Å²) in [5.41, 5.74) is 0.209. The lowest BCUT2D eigenvalue weighted by Crippen LogP contribution is -2.49. The highest BCUT2D eigenvalue weighted by Gasteiger charge is 2.34. The van der Waals surface area contributed by atoms with Gasteiger partial charge in [0, 0.05) is 51.7 Å². The number of alkyl halides is 3. The second kappa shape index (κ2) is 10.8. The number of hydrogen-bond donors (Lipinski definition) is 2. The van der Waals surface area contributed by atoms with Crippen LogP contribution in [0.15, 0.2) is 35.7 Å². The first-order valence-electron chi connectivity index (χ1n) is 9.20. The van der Waals surface area contributed by atoms with Crippen LogP contribution in [-0.2, 0) is 18.0 Å². The smallest absolute Gasteiger partial charge is 0.370 e. The van der Waals surface area contributed by atoms with Gasteiger partial charge >= 0.3 is 6.18 Å². The van der Waals surface area contributed by atoms with Crippen molar-refractivity contribution in [1.82, 2.24) is 25.0 Å². The Balaban J connectivity index is 0.00000320. The zero-order chi connectivity index (χ0) is 20.9. The average Bonchev–Trinajstić information content (AvgIpc) is 3.14. The Labute approximate surface area is 189 Å². The number of hydrogen-bond acceptors (Lipinski definition) is 5. The molecule has 8 nitrogen and oxygen atoms in total. The van der Waals surface area contributed by atoms with Crippen LogP contribution in [0.5, 0.6) is 0 Å². The van der Waals surface area contributed by atoms with Crippen molar-refractivity contribution < 1.29 is 17.9 Å². The molecule has 2 aromatic rings. The van der Waals surface area contributed by atoms with E-state index in [1.54, 1.807) is 17.9 Å². The summed E-state index contributed by atoms with van der Waals surface area (Å²) in [6, 6.07) is 2.28. The Hall–Kier alpha value is -2.09. The molecule has 0 bridgehead atoms. The van der Waals surface area contributed by atoms with Gasteiger partial charge in [0.2, 0.25) is 0 Å². The second-order valence-corrected chi connectivity index (χ2v) is 6.55. The summed E-state index contributed by atoms with van der Waals surface area (Å²) < 4.78 is 46.6. The van der Waals surface area contributed by atoms with Crippen LogP contribution >= 0.6 is 24.0 Å². The molecular formula is C18H25F3IN7O. The Morgan fingerprint density at radius 3 is 2.83 bits per heavy atom.